The molecule has 11 heteroatoms. The number of aromatic nitrogens is 1. The van der Waals surface area contributed by atoms with E-state index in [1.165, 1.54) is 35.9 Å². The van der Waals surface area contributed by atoms with Gasteiger partial charge in [0.15, 0.2) is 12.4 Å². The number of hydrogen-bond donors (Lipinski definition) is 2. The van der Waals surface area contributed by atoms with Gasteiger partial charge in [-0.15, -0.1) is 0 Å². The summed E-state index contributed by atoms with van der Waals surface area (Å²) in [6, 6.07) is 10.3. The number of amides is 1. The Morgan fingerprint density at radius 3 is 2.34 bits per heavy atom. The van der Waals surface area contributed by atoms with Crippen LogP contribution in [0.2, 0.25) is 10.0 Å². The fourth-order valence-electron chi connectivity index (χ4n) is 3.35. The third kappa shape index (κ3) is 6.06. The molecule has 1 unspecified atom stereocenters. The minimum Gasteiger partial charge on any atom is -0.481 e. The molecule has 3 aromatic rings. The molecular weight excluding hydrogens is 499 g/mol. The van der Waals surface area contributed by atoms with Crippen molar-refractivity contribution in [3.8, 4) is 0 Å². The highest BCUT2D eigenvalue weighted by Crippen LogP contribution is 2.25. The van der Waals surface area contributed by atoms with Crippen molar-refractivity contribution in [3.63, 3.8) is 0 Å². The summed E-state index contributed by atoms with van der Waals surface area (Å²) in [4.78, 5) is 61.8. The maximum absolute atomic E-state index is 12.8. The number of nitrogens with zero attached hydrogens (tertiary/aromatic N) is 1. The normalized spacial score (nSPS) is 12.5. The fraction of sp³-hybridized carbons (Fsp3) is 0.208. The highest BCUT2D eigenvalue weighted by Gasteiger charge is 2.28. The topological polar surface area (TPSA) is 132 Å². The number of benzene rings is 2. The van der Waals surface area contributed by atoms with Crippen molar-refractivity contribution in [3.05, 3.63) is 80.7 Å². The lowest BCUT2D eigenvalue weighted by Gasteiger charge is -2.20. The summed E-state index contributed by atoms with van der Waals surface area (Å²) < 4.78 is 6.13. The number of rotatable bonds is 9. The van der Waals surface area contributed by atoms with E-state index in [-0.39, 0.29) is 15.6 Å². The first-order valence-corrected chi connectivity index (χ1v) is 11.1. The first-order chi connectivity index (χ1) is 16.6. The van der Waals surface area contributed by atoms with Gasteiger partial charge in [0.25, 0.3) is 5.56 Å². The molecule has 182 valence electrons. The Morgan fingerprint density at radius 2 is 1.69 bits per heavy atom. The highest BCUT2D eigenvalue weighted by atomic mass is 35.5. The first-order valence-electron chi connectivity index (χ1n) is 10.4. The van der Waals surface area contributed by atoms with E-state index < -0.39 is 54.3 Å². The number of halogens is 2. The Kier molecular flexibility index (Phi) is 8.26. The molecule has 2 atom stereocenters. The van der Waals surface area contributed by atoms with E-state index in [2.05, 4.69) is 5.32 Å². The summed E-state index contributed by atoms with van der Waals surface area (Å²) in [5, 5.41) is 12.6. The van der Waals surface area contributed by atoms with Crippen LogP contribution in [0.5, 0.6) is 0 Å². The van der Waals surface area contributed by atoms with E-state index in [9.17, 15) is 29.1 Å². The summed E-state index contributed by atoms with van der Waals surface area (Å²) in [7, 11) is 0. The maximum Gasteiger partial charge on any atom is 0.341 e. The number of ether oxygens (including phenoxy) is 1. The predicted molar refractivity (Wildman–Crippen MR) is 129 cm³/mol. The largest absolute Gasteiger partial charge is 0.481 e. The number of pyridine rings is 1. The Morgan fingerprint density at radius 1 is 1.03 bits per heavy atom. The minimum absolute atomic E-state index is 0.0139. The van der Waals surface area contributed by atoms with Gasteiger partial charge in [-0.1, -0.05) is 47.5 Å². The molecule has 2 aromatic carbocycles. The molecule has 1 heterocycles. The molecule has 0 aliphatic heterocycles. The molecule has 9 nitrogen and oxygen atoms in total. The second-order valence-electron chi connectivity index (χ2n) is 7.59. The van der Waals surface area contributed by atoms with Crippen LogP contribution in [-0.4, -0.2) is 46.0 Å². The number of nitrogens with one attached hydrogen (secondary N) is 1. The van der Waals surface area contributed by atoms with Crippen LogP contribution in [0.1, 0.15) is 29.7 Å². The number of esters is 1. The van der Waals surface area contributed by atoms with E-state index in [1.807, 2.05) is 0 Å². The molecule has 0 aliphatic rings. The first kappa shape index (κ1) is 25.9. The Balaban J connectivity index is 1.73. The van der Waals surface area contributed by atoms with Crippen molar-refractivity contribution in [2.75, 3.05) is 6.61 Å². The van der Waals surface area contributed by atoms with Crippen molar-refractivity contribution in [1.29, 1.82) is 0 Å². The third-order valence-electron chi connectivity index (χ3n) is 5.23. The van der Waals surface area contributed by atoms with Crippen LogP contribution in [0.25, 0.3) is 10.8 Å². The Bertz CT molecular complexity index is 1350. The van der Waals surface area contributed by atoms with Gasteiger partial charge in [-0.25, -0.2) is 4.79 Å². The molecule has 0 aliphatic carbocycles. The molecule has 0 saturated heterocycles. The number of aliphatic carboxylic acids is 1. The molecule has 2 N–H and O–H groups in total. The molecule has 1 amide bonds. The van der Waals surface area contributed by atoms with Gasteiger partial charge in [-0.2, -0.15) is 0 Å². The van der Waals surface area contributed by atoms with Gasteiger partial charge in [-0.3, -0.25) is 19.2 Å². The minimum atomic E-state index is -1.51. The van der Waals surface area contributed by atoms with Crippen molar-refractivity contribution in [2.45, 2.75) is 25.4 Å². The van der Waals surface area contributed by atoms with Crippen LogP contribution in [-0.2, 0) is 19.1 Å². The van der Waals surface area contributed by atoms with Crippen LogP contribution < -0.4 is 10.9 Å². The standard InChI is InChI=1S/C24H20Cl2N2O7/c1-13(28-10-9-14-5-2-3-6-15(14)23(28)33)22(32)27-18(11-20(30)31)19(29)12-35-24(34)21-16(25)7-4-8-17(21)26/h2-10,13,18H,11-12H2,1H3,(H,27,32)(H,30,31)/t13?,18-/m0/s1. The average molecular weight is 519 g/mol. The van der Waals surface area contributed by atoms with Gasteiger partial charge < -0.3 is 19.7 Å². The predicted octanol–water partition coefficient (Wildman–Crippen LogP) is 3.25. The summed E-state index contributed by atoms with van der Waals surface area (Å²) in [5.74, 6) is -3.97. The van der Waals surface area contributed by atoms with E-state index in [1.54, 1.807) is 30.3 Å². The van der Waals surface area contributed by atoms with E-state index in [0.717, 1.165) is 0 Å². The van der Waals surface area contributed by atoms with Gasteiger partial charge in [0.1, 0.15) is 12.1 Å². The van der Waals surface area contributed by atoms with Crippen molar-refractivity contribution < 1.29 is 29.0 Å². The molecule has 0 radical (unpaired) electrons. The van der Waals surface area contributed by atoms with Gasteiger partial charge in [0.2, 0.25) is 5.91 Å². The molecule has 0 fully saturated rings. The van der Waals surface area contributed by atoms with Crippen LogP contribution in [0, 0.1) is 0 Å². The van der Waals surface area contributed by atoms with Crippen molar-refractivity contribution >= 4 is 57.6 Å². The van der Waals surface area contributed by atoms with E-state index in [0.29, 0.717) is 10.8 Å². The van der Waals surface area contributed by atoms with Gasteiger partial charge in [-0.05, 0) is 36.6 Å². The Hall–Kier alpha value is -3.69. The number of fused-ring (bicyclic) bond motifs is 1. The van der Waals surface area contributed by atoms with Gasteiger partial charge in [0.05, 0.1) is 22.0 Å². The molecule has 0 spiro atoms. The fourth-order valence-corrected chi connectivity index (χ4v) is 3.90. The Labute approximate surface area is 209 Å². The van der Waals surface area contributed by atoms with Crippen LogP contribution >= 0.6 is 23.2 Å². The lowest BCUT2D eigenvalue weighted by molar-refractivity contribution is -0.141. The number of carbonyl (C=O) groups is 4. The lowest BCUT2D eigenvalue weighted by atomic mass is 10.1. The second kappa shape index (κ2) is 11.2. The molecular formula is C24H20Cl2N2O7. The van der Waals surface area contributed by atoms with Gasteiger partial charge >= 0.3 is 11.9 Å². The summed E-state index contributed by atoms with van der Waals surface area (Å²) in [6.07, 6.45) is 0.687. The molecule has 3 rings (SSSR count). The van der Waals surface area contributed by atoms with E-state index in [4.69, 9.17) is 27.9 Å². The number of hydrogen-bond acceptors (Lipinski definition) is 6. The third-order valence-corrected chi connectivity index (χ3v) is 5.86. The molecule has 1 aromatic heterocycles. The van der Waals surface area contributed by atoms with Crippen molar-refractivity contribution in [1.82, 2.24) is 9.88 Å². The monoisotopic (exact) mass is 518 g/mol. The van der Waals surface area contributed by atoms with Crippen LogP contribution in [0.3, 0.4) is 0 Å². The van der Waals surface area contributed by atoms with E-state index >= 15 is 0 Å². The SMILES string of the molecule is CC(C(=O)N[C@@H](CC(=O)O)C(=O)COC(=O)c1c(Cl)cccc1Cl)n1ccc2ccccc2c1=O. The molecule has 0 bridgehead atoms. The van der Waals surface area contributed by atoms with Gasteiger partial charge in [0, 0.05) is 11.6 Å². The number of carboxylic acid groups (broad SMARTS) is 1. The zero-order chi connectivity index (χ0) is 25.7. The quantitative estimate of drug-likeness (QED) is 0.415. The number of ketones is 1. The number of carboxylic acids is 1. The molecule has 35 heavy (non-hydrogen) atoms. The summed E-state index contributed by atoms with van der Waals surface area (Å²) in [6.45, 7) is 0.607. The smallest absolute Gasteiger partial charge is 0.341 e. The zero-order valence-corrected chi connectivity index (χ0v) is 19.9. The van der Waals surface area contributed by atoms with Crippen LogP contribution in [0.4, 0.5) is 0 Å². The maximum atomic E-state index is 12.8. The second-order valence-corrected chi connectivity index (χ2v) is 8.40. The zero-order valence-electron chi connectivity index (χ0n) is 18.4. The summed E-state index contributed by atoms with van der Waals surface area (Å²) in [5.41, 5.74) is -0.566. The average Bonchev–Trinajstić information content (AvgIpc) is 2.81. The number of carbonyl (C=O) groups excluding carboxylic acids is 3. The van der Waals surface area contributed by atoms with Crippen molar-refractivity contribution in [2.24, 2.45) is 0 Å². The number of Topliss-reactive ketones (excluding diaryl/α,β-unsaturated/α-hetero) is 1. The van der Waals surface area contributed by atoms with Crippen LogP contribution in [0.15, 0.2) is 59.5 Å². The molecule has 0 saturated carbocycles. The summed E-state index contributed by atoms with van der Waals surface area (Å²) >= 11 is 11.9. The lowest BCUT2D eigenvalue weighted by Crippen LogP contribution is -2.47. The highest BCUT2D eigenvalue weighted by molar-refractivity contribution is 6.39.